The third-order valence-corrected chi connectivity index (χ3v) is 5.22. The molecule has 5 heteroatoms. The van der Waals surface area contributed by atoms with Crippen LogP contribution in [-0.4, -0.2) is 23.4 Å². The van der Waals surface area contributed by atoms with Crippen LogP contribution in [0.5, 0.6) is 5.75 Å². The molecular weight excluding hydrogens is 366 g/mol. The lowest BCUT2D eigenvalue weighted by Gasteiger charge is -2.22. The summed E-state index contributed by atoms with van der Waals surface area (Å²) in [5.41, 5.74) is 1.22. The zero-order valence-corrected chi connectivity index (χ0v) is 17.6. The van der Waals surface area contributed by atoms with E-state index >= 15 is 0 Å². The average Bonchev–Trinajstić information content (AvgIpc) is 2.84. The van der Waals surface area contributed by atoms with Crippen molar-refractivity contribution in [1.29, 1.82) is 0 Å². The molecule has 2 aromatic carbocycles. The minimum atomic E-state index is -1.80. The van der Waals surface area contributed by atoms with Gasteiger partial charge in [0.25, 0.3) is 5.91 Å². The number of carbonyl (C=O) groups excluding carboxylic acids is 2. The molecule has 5 nitrogen and oxygen atoms in total. The van der Waals surface area contributed by atoms with Crippen LogP contribution in [0.1, 0.15) is 50.3 Å². The Morgan fingerprint density at radius 2 is 1.86 bits per heavy atom. The van der Waals surface area contributed by atoms with E-state index < -0.39 is 11.5 Å². The van der Waals surface area contributed by atoms with Crippen molar-refractivity contribution in [1.82, 2.24) is 0 Å². The summed E-state index contributed by atoms with van der Waals surface area (Å²) in [4.78, 5) is 26.4. The number of anilines is 1. The van der Waals surface area contributed by atoms with Gasteiger partial charge in [0.05, 0.1) is 18.8 Å². The van der Waals surface area contributed by atoms with Gasteiger partial charge in [-0.25, -0.2) is 0 Å². The number of amides is 1. The van der Waals surface area contributed by atoms with E-state index in [0.717, 1.165) is 23.3 Å². The fourth-order valence-electron chi connectivity index (χ4n) is 3.64. The van der Waals surface area contributed by atoms with Gasteiger partial charge in [-0.1, -0.05) is 43.7 Å². The molecule has 1 heterocycles. The number of benzene rings is 2. The fraction of sp³-hybridized carbons (Fsp3) is 0.417. The number of rotatable bonds is 8. The summed E-state index contributed by atoms with van der Waals surface area (Å²) in [7, 11) is 0. The maximum absolute atomic E-state index is 13.1. The second-order valence-electron chi connectivity index (χ2n) is 8.33. The molecule has 2 aromatic rings. The first-order valence-electron chi connectivity index (χ1n) is 10.1. The number of carbonyl (C=O) groups is 2. The fourth-order valence-corrected chi connectivity index (χ4v) is 3.64. The number of hydrogen-bond acceptors (Lipinski definition) is 4. The topological polar surface area (TPSA) is 66.8 Å². The van der Waals surface area contributed by atoms with E-state index in [1.165, 1.54) is 6.92 Å². The maximum Gasteiger partial charge on any atom is 0.264 e. The normalized spacial score (nSPS) is 18.3. The summed E-state index contributed by atoms with van der Waals surface area (Å²) in [6, 6.07) is 13.2. The lowest BCUT2D eigenvalue weighted by atomic mass is 9.89. The Hall–Kier alpha value is -2.66. The van der Waals surface area contributed by atoms with Crippen molar-refractivity contribution in [2.24, 2.45) is 5.92 Å². The van der Waals surface area contributed by atoms with Gasteiger partial charge in [-0.15, -0.1) is 0 Å². The maximum atomic E-state index is 13.1. The first-order chi connectivity index (χ1) is 13.7. The standard InChI is InChI=1S/C24H29NO4/c1-16(2)11-12-29-20-8-6-19(7-9-20)15-25-22-10-5-17(3)13-21(22)24(28,23(25)27)14-18(4)26/h5-10,13,16,28H,11-12,14-15H2,1-4H3. The Morgan fingerprint density at radius 3 is 2.48 bits per heavy atom. The molecule has 1 amide bonds. The molecule has 1 N–H and O–H groups in total. The Morgan fingerprint density at radius 1 is 1.17 bits per heavy atom. The van der Waals surface area contributed by atoms with Crippen molar-refractivity contribution in [2.75, 3.05) is 11.5 Å². The van der Waals surface area contributed by atoms with E-state index in [-0.39, 0.29) is 12.2 Å². The Labute approximate surface area is 172 Å². The quantitative estimate of drug-likeness (QED) is 0.730. The number of aryl methyl sites for hydroxylation is 1. The number of ether oxygens (including phenoxy) is 1. The molecule has 0 radical (unpaired) electrons. The molecule has 0 aromatic heterocycles. The van der Waals surface area contributed by atoms with Crippen LogP contribution in [-0.2, 0) is 21.7 Å². The SMILES string of the molecule is CC(=O)CC1(O)C(=O)N(Cc2ccc(OCCC(C)C)cc2)c2ccc(C)cc21. The van der Waals surface area contributed by atoms with Gasteiger partial charge in [0, 0.05) is 12.0 Å². The van der Waals surface area contributed by atoms with Gasteiger partial charge in [0.2, 0.25) is 0 Å². The van der Waals surface area contributed by atoms with Gasteiger partial charge >= 0.3 is 0 Å². The second-order valence-corrected chi connectivity index (χ2v) is 8.33. The van der Waals surface area contributed by atoms with Gasteiger partial charge in [0.1, 0.15) is 11.5 Å². The molecule has 1 aliphatic heterocycles. The lowest BCUT2D eigenvalue weighted by Crippen LogP contribution is -2.41. The summed E-state index contributed by atoms with van der Waals surface area (Å²) in [5.74, 6) is 0.711. The lowest BCUT2D eigenvalue weighted by molar-refractivity contribution is -0.141. The molecule has 154 valence electrons. The van der Waals surface area contributed by atoms with Crippen LogP contribution in [0.25, 0.3) is 0 Å². The average molecular weight is 395 g/mol. The first kappa shape index (κ1) is 21.1. The number of aliphatic hydroxyl groups is 1. The summed E-state index contributed by atoms with van der Waals surface area (Å²) < 4.78 is 5.75. The van der Waals surface area contributed by atoms with Crippen LogP contribution in [0.2, 0.25) is 0 Å². The molecule has 0 saturated heterocycles. The summed E-state index contributed by atoms with van der Waals surface area (Å²) in [5, 5.41) is 11.1. The number of nitrogens with zero attached hydrogens (tertiary/aromatic N) is 1. The Kier molecular flexibility index (Phi) is 6.08. The summed E-state index contributed by atoms with van der Waals surface area (Å²) in [6.45, 7) is 8.60. The van der Waals surface area contributed by atoms with E-state index in [9.17, 15) is 14.7 Å². The van der Waals surface area contributed by atoms with Crippen molar-refractivity contribution in [3.05, 3.63) is 59.2 Å². The van der Waals surface area contributed by atoms with Crippen LogP contribution < -0.4 is 9.64 Å². The second kappa shape index (κ2) is 8.37. The molecule has 0 spiro atoms. The van der Waals surface area contributed by atoms with Crippen molar-refractivity contribution in [2.45, 2.75) is 52.7 Å². The molecule has 1 aliphatic rings. The zero-order chi connectivity index (χ0) is 21.2. The van der Waals surface area contributed by atoms with E-state index in [0.29, 0.717) is 30.3 Å². The molecule has 1 atom stereocenters. The third-order valence-electron chi connectivity index (χ3n) is 5.22. The molecule has 0 fully saturated rings. The van der Waals surface area contributed by atoms with Crippen LogP contribution >= 0.6 is 0 Å². The van der Waals surface area contributed by atoms with E-state index in [1.807, 2.05) is 43.3 Å². The molecule has 1 unspecified atom stereocenters. The highest BCUT2D eigenvalue weighted by Gasteiger charge is 2.50. The Balaban J connectivity index is 1.81. The van der Waals surface area contributed by atoms with Crippen LogP contribution in [0, 0.1) is 12.8 Å². The van der Waals surface area contributed by atoms with Crippen LogP contribution in [0.15, 0.2) is 42.5 Å². The number of fused-ring (bicyclic) bond motifs is 1. The van der Waals surface area contributed by atoms with Crippen LogP contribution in [0.3, 0.4) is 0 Å². The number of ketones is 1. The molecule has 0 saturated carbocycles. The van der Waals surface area contributed by atoms with Gasteiger partial charge in [0.15, 0.2) is 5.60 Å². The first-order valence-corrected chi connectivity index (χ1v) is 10.1. The molecule has 3 rings (SSSR count). The third kappa shape index (κ3) is 4.51. The van der Waals surface area contributed by atoms with Gasteiger partial charge in [-0.3, -0.25) is 9.59 Å². The van der Waals surface area contributed by atoms with Gasteiger partial charge in [-0.2, -0.15) is 0 Å². The van der Waals surface area contributed by atoms with E-state index in [4.69, 9.17) is 4.74 Å². The summed E-state index contributed by atoms with van der Waals surface area (Å²) >= 11 is 0. The van der Waals surface area contributed by atoms with Gasteiger partial charge < -0.3 is 14.7 Å². The predicted octanol–water partition coefficient (Wildman–Crippen LogP) is 4.13. The van der Waals surface area contributed by atoms with E-state index in [2.05, 4.69) is 13.8 Å². The Bertz CT molecular complexity index is 904. The smallest absolute Gasteiger partial charge is 0.264 e. The van der Waals surface area contributed by atoms with Gasteiger partial charge in [-0.05, 0) is 49.9 Å². The predicted molar refractivity (Wildman–Crippen MR) is 113 cm³/mol. The minimum Gasteiger partial charge on any atom is -0.494 e. The highest BCUT2D eigenvalue weighted by atomic mass is 16.5. The molecule has 0 bridgehead atoms. The van der Waals surface area contributed by atoms with E-state index in [1.54, 1.807) is 11.0 Å². The highest BCUT2D eigenvalue weighted by molar-refractivity contribution is 6.08. The molecular formula is C24H29NO4. The number of Topliss-reactive ketones (excluding diaryl/α,β-unsaturated/α-hetero) is 1. The molecule has 0 aliphatic carbocycles. The molecule has 29 heavy (non-hydrogen) atoms. The summed E-state index contributed by atoms with van der Waals surface area (Å²) in [6.07, 6.45) is 0.774. The highest BCUT2D eigenvalue weighted by Crippen LogP contribution is 2.43. The largest absolute Gasteiger partial charge is 0.494 e. The zero-order valence-electron chi connectivity index (χ0n) is 17.6. The van der Waals surface area contributed by atoms with Crippen LogP contribution in [0.4, 0.5) is 5.69 Å². The van der Waals surface area contributed by atoms with Crippen molar-refractivity contribution >= 4 is 17.4 Å². The van der Waals surface area contributed by atoms with Crippen molar-refractivity contribution in [3.8, 4) is 5.75 Å². The number of hydrogen-bond donors (Lipinski definition) is 1. The van der Waals surface area contributed by atoms with Crippen molar-refractivity contribution < 1.29 is 19.4 Å². The minimum absolute atomic E-state index is 0.221. The van der Waals surface area contributed by atoms with Crippen molar-refractivity contribution in [3.63, 3.8) is 0 Å². The monoisotopic (exact) mass is 395 g/mol.